The van der Waals surface area contributed by atoms with Crippen LogP contribution in [0, 0.1) is 0 Å². The highest BCUT2D eigenvalue weighted by Crippen LogP contribution is 2.25. The highest BCUT2D eigenvalue weighted by atomic mass is 79.9. The van der Waals surface area contributed by atoms with Crippen molar-refractivity contribution in [2.24, 2.45) is 0 Å². The van der Waals surface area contributed by atoms with Gasteiger partial charge in [-0.15, -0.1) is 0 Å². The van der Waals surface area contributed by atoms with E-state index in [0.717, 1.165) is 28.8 Å². The third kappa shape index (κ3) is 4.31. The molecule has 0 fully saturated rings. The molecular formula is C17H19BrN2O2. The molecule has 0 atom stereocenters. The Bertz CT molecular complexity index is 677. The van der Waals surface area contributed by atoms with E-state index in [9.17, 15) is 4.79 Å². The van der Waals surface area contributed by atoms with Crippen molar-refractivity contribution in [1.29, 1.82) is 0 Å². The van der Waals surface area contributed by atoms with Crippen LogP contribution in [0.15, 0.2) is 41.1 Å². The Hall–Kier alpha value is -1.88. The first-order chi connectivity index (χ1) is 10.6. The molecule has 0 saturated heterocycles. The number of hydrogen-bond acceptors (Lipinski definition) is 3. The minimum Gasteiger partial charge on any atom is -0.493 e. The van der Waals surface area contributed by atoms with Gasteiger partial charge in [0.1, 0.15) is 5.75 Å². The zero-order valence-electron chi connectivity index (χ0n) is 12.8. The van der Waals surface area contributed by atoms with Crippen molar-refractivity contribution >= 4 is 27.8 Å². The van der Waals surface area contributed by atoms with Crippen molar-refractivity contribution in [3.05, 3.63) is 52.3 Å². The third-order valence-corrected chi connectivity index (χ3v) is 3.58. The molecule has 0 aliphatic carbocycles. The molecule has 0 N–H and O–H groups in total. The van der Waals surface area contributed by atoms with Crippen LogP contribution in [0.1, 0.15) is 36.2 Å². The first kappa shape index (κ1) is 16.5. The summed E-state index contributed by atoms with van der Waals surface area (Å²) in [5, 5.41) is 4.11. The van der Waals surface area contributed by atoms with E-state index in [1.807, 2.05) is 25.1 Å². The van der Waals surface area contributed by atoms with Gasteiger partial charge in [-0.05, 0) is 43.7 Å². The molecule has 0 saturated carbocycles. The number of aryl methyl sites for hydroxylation is 1. The van der Waals surface area contributed by atoms with Crippen molar-refractivity contribution in [1.82, 2.24) is 9.78 Å². The lowest BCUT2D eigenvalue weighted by molar-refractivity contribution is 0.104. The molecule has 2 rings (SSSR count). The predicted molar refractivity (Wildman–Crippen MR) is 91.2 cm³/mol. The van der Waals surface area contributed by atoms with Gasteiger partial charge in [-0.2, -0.15) is 5.10 Å². The molecule has 0 unspecified atom stereocenters. The van der Waals surface area contributed by atoms with Gasteiger partial charge in [0.15, 0.2) is 5.78 Å². The van der Waals surface area contributed by atoms with E-state index in [1.54, 1.807) is 29.2 Å². The molecule has 22 heavy (non-hydrogen) atoms. The molecule has 0 radical (unpaired) electrons. The van der Waals surface area contributed by atoms with Crippen LogP contribution in [0.5, 0.6) is 5.75 Å². The normalized spacial score (nSPS) is 11.0. The number of carbonyl (C=O) groups excluding carboxylic acids is 1. The van der Waals surface area contributed by atoms with Crippen molar-refractivity contribution in [2.75, 3.05) is 6.61 Å². The van der Waals surface area contributed by atoms with Crippen LogP contribution in [0.3, 0.4) is 0 Å². The SMILES string of the molecule is CCCOc1ccc(Br)cc1/C=C/C(=O)c1cnn(CC)c1. The molecular weight excluding hydrogens is 344 g/mol. The fourth-order valence-corrected chi connectivity index (χ4v) is 2.30. The summed E-state index contributed by atoms with van der Waals surface area (Å²) in [6, 6.07) is 5.76. The molecule has 0 amide bonds. The summed E-state index contributed by atoms with van der Waals surface area (Å²) in [5.74, 6) is 0.708. The summed E-state index contributed by atoms with van der Waals surface area (Å²) in [4.78, 5) is 12.2. The molecule has 116 valence electrons. The number of nitrogens with zero attached hydrogens (tertiary/aromatic N) is 2. The number of ketones is 1. The van der Waals surface area contributed by atoms with Crippen LogP contribution in [-0.2, 0) is 6.54 Å². The van der Waals surface area contributed by atoms with E-state index in [4.69, 9.17) is 4.74 Å². The average molecular weight is 363 g/mol. The number of allylic oxidation sites excluding steroid dienone is 1. The van der Waals surface area contributed by atoms with Crippen LogP contribution in [-0.4, -0.2) is 22.2 Å². The van der Waals surface area contributed by atoms with E-state index in [1.165, 1.54) is 0 Å². The van der Waals surface area contributed by atoms with Crippen LogP contribution >= 0.6 is 15.9 Å². The summed E-state index contributed by atoms with van der Waals surface area (Å²) >= 11 is 3.44. The van der Waals surface area contributed by atoms with E-state index in [2.05, 4.69) is 28.0 Å². The predicted octanol–water partition coefficient (Wildman–Crippen LogP) is 4.35. The van der Waals surface area contributed by atoms with Gasteiger partial charge in [-0.25, -0.2) is 0 Å². The largest absolute Gasteiger partial charge is 0.493 e. The number of aromatic nitrogens is 2. The number of carbonyl (C=O) groups is 1. The Labute approximate surface area is 138 Å². The minimum atomic E-state index is -0.0684. The van der Waals surface area contributed by atoms with E-state index in [-0.39, 0.29) is 5.78 Å². The minimum absolute atomic E-state index is 0.0684. The number of hydrogen-bond donors (Lipinski definition) is 0. The zero-order chi connectivity index (χ0) is 15.9. The number of rotatable bonds is 7. The Morgan fingerprint density at radius 2 is 2.23 bits per heavy atom. The lowest BCUT2D eigenvalue weighted by atomic mass is 10.1. The maximum atomic E-state index is 12.2. The highest BCUT2D eigenvalue weighted by molar-refractivity contribution is 9.10. The second kappa shape index (κ2) is 7.94. The van der Waals surface area contributed by atoms with Gasteiger partial charge >= 0.3 is 0 Å². The molecule has 1 aromatic carbocycles. The van der Waals surface area contributed by atoms with Crippen molar-refractivity contribution in [3.63, 3.8) is 0 Å². The zero-order valence-corrected chi connectivity index (χ0v) is 14.3. The smallest absolute Gasteiger partial charge is 0.189 e. The lowest BCUT2D eigenvalue weighted by Gasteiger charge is -2.08. The van der Waals surface area contributed by atoms with Gasteiger partial charge in [0.2, 0.25) is 0 Å². The van der Waals surface area contributed by atoms with Gasteiger partial charge in [0.25, 0.3) is 0 Å². The highest BCUT2D eigenvalue weighted by Gasteiger charge is 2.06. The van der Waals surface area contributed by atoms with Crippen molar-refractivity contribution < 1.29 is 9.53 Å². The molecule has 5 heteroatoms. The van der Waals surface area contributed by atoms with Crippen LogP contribution < -0.4 is 4.74 Å². The summed E-state index contributed by atoms with van der Waals surface area (Å²) in [7, 11) is 0. The average Bonchev–Trinajstić information content (AvgIpc) is 3.00. The maximum absolute atomic E-state index is 12.2. The second-order valence-corrected chi connectivity index (χ2v) is 5.73. The Balaban J connectivity index is 2.17. The van der Waals surface area contributed by atoms with E-state index in [0.29, 0.717) is 12.2 Å². The summed E-state index contributed by atoms with van der Waals surface area (Å²) < 4.78 is 8.38. The van der Waals surface area contributed by atoms with Crippen LogP contribution in [0.4, 0.5) is 0 Å². The van der Waals surface area contributed by atoms with Crippen LogP contribution in [0.2, 0.25) is 0 Å². The third-order valence-electron chi connectivity index (χ3n) is 3.09. The number of benzene rings is 1. The maximum Gasteiger partial charge on any atom is 0.189 e. The first-order valence-corrected chi connectivity index (χ1v) is 8.10. The summed E-state index contributed by atoms with van der Waals surface area (Å²) in [5.41, 5.74) is 1.46. The molecule has 0 spiro atoms. The Kier molecular flexibility index (Phi) is 5.95. The van der Waals surface area contributed by atoms with Gasteiger partial charge in [0, 0.05) is 22.8 Å². The van der Waals surface area contributed by atoms with Gasteiger partial charge < -0.3 is 4.74 Å². The fourth-order valence-electron chi connectivity index (χ4n) is 1.92. The quantitative estimate of drug-likeness (QED) is 0.543. The second-order valence-electron chi connectivity index (χ2n) is 4.81. The van der Waals surface area contributed by atoms with Crippen molar-refractivity contribution in [3.8, 4) is 5.75 Å². The molecule has 1 aromatic heterocycles. The molecule has 2 aromatic rings. The summed E-state index contributed by atoms with van der Waals surface area (Å²) in [6.07, 6.45) is 7.61. The summed E-state index contributed by atoms with van der Waals surface area (Å²) in [6.45, 7) is 5.44. The van der Waals surface area contributed by atoms with Gasteiger partial charge in [0.05, 0.1) is 18.4 Å². The molecule has 1 heterocycles. The number of halogens is 1. The topological polar surface area (TPSA) is 44.1 Å². The van der Waals surface area contributed by atoms with Gasteiger partial charge in [-0.1, -0.05) is 22.9 Å². The van der Waals surface area contributed by atoms with E-state index < -0.39 is 0 Å². The monoisotopic (exact) mass is 362 g/mol. The van der Waals surface area contributed by atoms with Gasteiger partial charge in [-0.3, -0.25) is 9.48 Å². The molecule has 0 aliphatic heterocycles. The Morgan fingerprint density at radius 3 is 2.91 bits per heavy atom. The number of ether oxygens (including phenoxy) is 1. The van der Waals surface area contributed by atoms with Crippen LogP contribution in [0.25, 0.3) is 6.08 Å². The molecule has 0 aliphatic rings. The van der Waals surface area contributed by atoms with E-state index >= 15 is 0 Å². The Morgan fingerprint density at radius 1 is 1.41 bits per heavy atom. The fraction of sp³-hybridized carbons (Fsp3) is 0.294. The first-order valence-electron chi connectivity index (χ1n) is 7.31. The molecule has 4 nitrogen and oxygen atoms in total. The van der Waals surface area contributed by atoms with Crippen molar-refractivity contribution in [2.45, 2.75) is 26.8 Å². The molecule has 0 bridgehead atoms. The lowest BCUT2D eigenvalue weighted by Crippen LogP contribution is -1.97. The standard InChI is InChI=1S/C17H19BrN2O2/c1-3-9-22-17-8-6-15(18)10-13(17)5-7-16(21)14-11-19-20(4-2)12-14/h5-8,10-12H,3-4,9H2,1-2H3/b7-5+.